The summed E-state index contributed by atoms with van der Waals surface area (Å²) >= 11 is 0. The monoisotopic (exact) mass is 180 g/mol. The molecule has 1 saturated carbocycles. The topological polar surface area (TPSA) is 0 Å². The van der Waals surface area contributed by atoms with Gasteiger partial charge in [-0.1, -0.05) is 38.8 Å². The van der Waals surface area contributed by atoms with Gasteiger partial charge < -0.3 is 0 Å². The molecule has 0 aromatic heterocycles. The molecule has 0 heterocycles. The average Bonchev–Trinajstić information content (AvgIpc) is 1.93. The summed E-state index contributed by atoms with van der Waals surface area (Å²) in [6.45, 7) is 11.7. The summed E-state index contributed by atoms with van der Waals surface area (Å²) in [7, 11) is 0. The largest absolute Gasteiger partial charge is 0.0822 e. The van der Waals surface area contributed by atoms with Crippen LogP contribution in [0.3, 0.4) is 0 Å². The van der Waals surface area contributed by atoms with E-state index in [1.165, 1.54) is 24.8 Å². The van der Waals surface area contributed by atoms with E-state index in [-0.39, 0.29) is 0 Å². The molecule has 0 bridgehead atoms. The molecule has 0 spiro atoms. The van der Waals surface area contributed by atoms with Crippen LogP contribution in [0, 0.1) is 17.3 Å². The number of hydrogen-bond donors (Lipinski definition) is 0. The van der Waals surface area contributed by atoms with Gasteiger partial charge in [0.15, 0.2) is 0 Å². The van der Waals surface area contributed by atoms with Crippen LogP contribution in [-0.2, 0) is 0 Å². The molecular formula is C13H24. The molecule has 0 aromatic carbocycles. The molecule has 13 heavy (non-hydrogen) atoms. The Kier molecular flexibility index (Phi) is 3.21. The third-order valence-corrected chi connectivity index (χ3v) is 3.38. The van der Waals surface area contributed by atoms with Gasteiger partial charge in [-0.15, -0.1) is 0 Å². The van der Waals surface area contributed by atoms with Crippen LogP contribution in [0.25, 0.3) is 0 Å². The van der Waals surface area contributed by atoms with Crippen molar-refractivity contribution in [3.63, 3.8) is 0 Å². The molecule has 0 radical (unpaired) electrons. The van der Waals surface area contributed by atoms with Crippen LogP contribution in [0.5, 0.6) is 0 Å². The van der Waals surface area contributed by atoms with Gasteiger partial charge in [0.25, 0.3) is 0 Å². The van der Waals surface area contributed by atoms with Gasteiger partial charge in [0.05, 0.1) is 0 Å². The normalized spacial score (nSPS) is 32.7. The van der Waals surface area contributed by atoms with Gasteiger partial charge >= 0.3 is 0 Å². The van der Waals surface area contributed by atoms with Gasteiger partial charge in [-0.3, -0.25) is 0 Å². The second-order valence-corrected chi connectivity index (χ2v) is 5.73. The Hall–Kier alpha value is -0.260. The van der Waals surface area contributed by atoms with E-state index < -0.39 is 0 Å². The molecule has 1 aliphatic carbocycles. The minimum absolute atomic E-state index is 0.523. The zero-order valence-corrected chi connectivity index (χ0v) is 9.85. The van der Waals surface area contributed by atoms with Crippen molar-refractivity contribution in [1.82, 2.24) is 0 Å². The Morgan fingerprint density at radius 2 is 1.85 bits per heavy atom. The molecule has 0 nitrogen and oxygen atoms in total. The lowest BCUT2D eigenvalue weighted by molar-refractivity contribution is 0.134. The molecule has 0 aromatic rings. The maximum atomic E-state index is 2.48. The summed E-state index contributed by atoms with van der Waals surface area (Å²) in [4.78, 5) is 0. The van der Waals surface area contributed by atoms with Gasteiger partial charge in [-0.25, -0.2) is 0 Å². The summed E-state index contributed by atoms with van der Waals surface area (Å²) in [5, 5.41) is 0. The Bertz CT molecular complexity index is 194. The maximum absolute atomic E-state index is 2.48. The van der Waals surface area contributed by atoms with Crippen LogP contribution in [0.2, 0.25) is 0 Å². The lowest BCUT2D eigenvalue weighted by atomic mass is 9.65. The summed E-state index contributed by atoms with van der Waals surface area (Å²) in [6, 6.07) is 0. The van der Waals surface area contributed by atoms with Gasteiger partial charge in [-0.2, -0.15) is 0 Å². The van der Waals surface area contributed by atoms with Crippen LogP contribution in [0.1, 0.15) is 53.9 Å². The Labute approximate surface area is 83.4 Å². The third kappa shape index (κ3) is 2.86. The van der Waals surface area contributed by atoms with Crippen molar-refractivity contribution in [2.45, 2.75) is 53.9 Å². The molecular weight excluding hydrogens is 156 g/mol. The van der Waals surface area contributed by atoms with E-state index in [0.717, 1.165) is 11.8 Å². The maximum Gasteiger partial charge on any atom is -0.0179 e. The van der Waals surface area contributed by atoms with Crippen molar-refractivity contribution in [3.8, 4) is 0 Å². The van der Waals surface area contributed by atoms with E-state index in [0.29, 0.717) is 5.41 Å². The fourth-order valence-corrected chi connectivity index (χ4v) is 2.72. The zero-order valence-electron chi connectivity index (χ0n) is 9.85. The molecule has 1 fully saturated rings. The highest BCUT2D eigenvalue weighted by atomic mass is 14.4. The lowest BCUT2D eigenvalue weighted by Crippen LogP contribution is -2.30. The van der Waals surface area contributed by atoms with Crippen molar-refractivity contribution in [2.24, 2.45) is 17.3 Å². The van der Waals surface area contributed by atoms with Gasteiger partial charge in [0.1, 0.15) is 0 Å². The van der Waals surface area contributed by atoms with Crippen molar-refractivity contribution >= 4 is 0 Å². The summed E-state index contributed by atoms with van der Waals surface area (Å²) in [5.41, 5.74) is 2.00. The molecule has 2 atom stereocenters. The Morgan fingerprint density at radius 3 is 2.31 bits per heavy atom. The average molecular weight is 180 g/mol. The van der Waals surface area contributed by atoms with Crippen molar-refractivity contribution in [3.05, 3.63) is 11.6 Å². The van der Waals surface area contributed by atoms with Gasteiger partial charge in [0, 0.05) is 0 Å². The van der Waals surface area contributed by atoms with E-state index in [4.69, 9.17) is 0 Å². The predicted molar refractivity (Wildman–Crippen MR) is 59.7 cm³/mol. The quantitative estimate of drug-likeness (QED) is 0.524. The van der Waals surface area contributed by atoms with Crippen LogP contribution in [0.15, 0.2) is 11.6 Å². The van der Waals surface area contributed by atoms with Crippen molar-refractivity contribution in [1.29, 1.82) is 0 Å². The highest BCUT2D eigenvalue weighted by molar-refractivity contribution is 5.03. The highest BCUT2D eigenvalue weighted by Crippen LogP contribution is 2.44. The number of rotatable bonds is 1. The second kappa shape index (κ2) is 3.86. The van der Waals surface area contributed by atoms with Gasteiger partial charge in [-0.05, 0) is 43.9 Å². The lowest BCUT2D eigenvalue weighted by Gasteiger charge is -2.40. The molecule has 0 N–H and O–H groups in total. The SMILES string of the molecule is CC(C)=CC1CCC(C)CC1(C)C. The zero-order chi connectivity index (χ0) is 10.1. The second-order valence-electron chi connectivity index (χ2n) is 5.73. The van der Waals surface area contributed by atoms with Gasteiger partial charge in [0.2, 0.25) is 0 Å². The van der Waals surface area contributed by atoms with Crippen LogP contribution in [0.4, 0.5) is 0 Å². The molecule has 0 aliphatic heterocycles. The fourth-order valence-electron chi connectivity index (χ4n) is 2.72. The molecule has 1 rings (SSSR count). The van der Waals surface area contributed by atoms with Crippen LogP contribution in [-0.4, -0.2) is 0 Å². The van der Waals surface area contributed by atoms with E-state index in [2.05, 4.69) is 40.7 Å². The van der Waals surface area contributed by atoms with E-state index >= 15 is 0 Å². The molecule has 1 aliphatic rings. The molecule has 0 saturated heterocycles. The predicted octanol–water partition coefficient (Wildman–Crippen LogP) is 4.42. The first kappa shape index (κ1) is 10.8. The van der Waals surface area contributed by atoms with Crippen LogP contribution < -0.4 is 0 Å². The first-order valence-electron chi connectivity index (χ1n) is 5.57. The Morgan fingerprint density at radius 1 is 1.23 bits per heavy atom. The summed E-state index contributed by atoms with van der Waals surface area (Å²) in [6.07, 6.45) is 6.67. The first-order valence-corrected chi connectivity index (χ1v) is 5.57. The summed E-state index contributed by atoms with van der Waals surface area (Å²) < 4.78 is 0. The molecule has 76 valence electrons. The minimum atomic E-state index is 0.523. The number of allylic oxidation sites excluding steroid dienone is 2. The van der Waals surface area contributed by atoms with E-state index in [9.17, 15) is 0 Å². The number of hydrogen-bond acceptors (Lipinski definition) is 0. The van der Waals surface area contributed by atoms with E-state index in [1.807, 2.05) is 0 Å². The molecule has 0 amide bonds. The summed E-state index contributed by atoms with van der Waals surface area (Å²) in [5.74, 6) is 1.74. The standard InChI is InChI=1S/C13H24/c1-10(2)8-12-7-6-11(3)9-13(12,4)5/h8,11-12H,6-7,9H2,1-5H3. The van der Waals surface area contributed by atoms with Crippen LogP contribution >= 0.6 is 0 Å². The van der Waals surface area contributed by atoms with Crippen molar-refractivity contribution < 1.29 is 0 Å². The Balaban J connectivity index is 2.70. The van der Waals surface area contributed by atoms with E-state index in [1.54, 1.807) is 0 Å². The van der Waals surface area contributed by atoms with Crippen molar-refractivity contribution in [2.75, 3.05) is 0 Å². The molecule has 2 unspecified atom stereocenters. The highest BCUT2D eigenvalue weighted by Gasteiger charge is 2.33. The smallest absolute Gasteiger partial charge is 0.0179 e. The minimum Gasteiger partial charge on any atom is -0.0822 e. The fraction of sp³-hybridized carbons (Fsp3) is 0.846. The first-order chi connectivity index (χ1) is 5.92. The third-order valence-electron chi connectivity index (χ3n) is 3.38. The molecule has 0 heteroatoms.